The summed E-state index contributed by atoms with van der Waals surface area (Å²) in [6.45, 7) is 4.07. The summed E-state index contributed by atoms with van der Waals surface area (Å²) in [7, 11) is 0. The molecule has 0 bridgehead atoms. The van der Waals surface area contributed by atoms with Gasteiger partial charge in [0.15, 0.2) is 5.65 Å². The van der Waals surface area contributed by atoms with Crippen molar-refractivity contribution >= 4 is 34.0 Å². The molecule has 0 fully saturated rings. The molecule has 0 aliphatic heterocycles. The monoisotopic (exact) mass is 364 g/mol. The molecule has 4 heterocycles. The first-order valence-electron chi connectivity index (χ1n) is 8.12. The van der Waals surface area contributed by atoms with Crippen molar-refractivity contribution in [3.63, 3.8) is 0 Å². The number of thiophene rings is 1. The molecule has 0 saturated carbocycles. The lowest BCUT2D eigenvalue weighted by molar-refractivity contribution is 0.102. The molecule has 0 radical (unpaired) electrons. The Morgan fingerprint density at radius 2 is 2.04 bits per heavy atom. The van der Waals surface area contributed by atoms with Gasteiger partial charge in [0.1, 0.15) is 6.33 Å². The Morgan fingerprint density at radius 1 is 1.23 bits per heavy atom. The standard InChI is InChI=1S/C18H16N6OS/c1-11(2)24-17-14(9-21-24)13(6-15(23-17)16-4-3-5-26-16)18(25)22-12-7-19-10-20-8-12/h3-11H,1-2H3,(H,22,25). The highest BCUT2D eigenvalue weighted by Gasteiger charge is 2.19. The highest BCUT2D eigenvalue weighted by molar-refractivity contribution is 7.13. The Hall–Kier alpha value is -3.13. The van der Waals surface area contributed by atoms with E-state index >= 15 is 0 Å². The quantitative estimate of drug-likeness (QED) is 0.595. The van der Waals surface area contributed by atoms with Gasteiger partial charge in [0.25, 0.3) is 5.91 Å². The zero-order valence-corrected chi connectivity index (χ0v) is 15.1. The van der Waals surface area contributed by atoms with Crippen LogP contribution in [0.3, 0.4) is 0 Å². The fourth-order valence-electron chi connectivity index (χ4n) is 2.70. The first kappa shape index (κ1) is 16.3. The highest BCUT2D eigenvalue weighted by atomic mass is 32.1. The first-order valence-corrected chi connectivity index (χ1v) is 9.00. The zero-order chi connectivity index (χ0) is 18.1. The van der Waals surface area contributed by atoms with Gasteiger partial charge in [0.05, 0.1) is 45.8 Å². The molecule has 4 rings (SSSR count). The van der Waals surface area contributed by atoms with Crippen LogP contribution in [0.4, 0.5) is 5.69 Å². The Labute approximate surface area is 153 Å². The molecule has 0 unspecified atom stereocenters. The van der Waals surface area contributed by atoms with Gasteiger partial charge in [-0.05, 0) is 31.4 Å². The molecule has 4 aromatic rings. The van der Waals surface area contributed by atoms with Crippen molar-refractivity contribution in [2.75, 3.05) is 5.32 Å². The summed E-state index contributed by atoms with van der Waals surface area (Å²) in [5, 5.41) is 9.96. The maximum atomic E-state index is 12.9. The number of nitrogens with zero attached hydrogens (tertiary/aromatic N) is 5. The third-order valence-corrected chi connectivity index (χ3v) is 4.78. The topological polar surface area (TPSA) is 85.6 Å². The summed E-state index contributed by atoms with van der Waals surface area (Å²) in [5.41, 5.74) is 2.51. The third-order valence-electron chi connectivity index (χ3n) is 3.89. The SMILES string of the molecule is CC(C)n1ncc2c(C(=O)Nc3cncnc3)cc(-c3cccs3)nc21. The van der Waals surface area contributed by atoms with Crippen LogP contribution < -0.4 is 5.32 Å². The Balaban J connectivity index is 1.85. The van der Waals surface area contributed by atoms with Crippen LogP contribution in [0.2, 0.25) is 0 Å². The smallest absolute Gasteiger partial charge is 0.256 e. The largest absolute Gasteiger partial charge is 0.319 e. The van der Waals surface area contributed by atoms with Crippen molar-refractivity contribution in [1.29, 1.82) is 0 Å². The average Bonchev–Trinajstić information content (AvgIpc) is 3.31. The molecule has 8 heteroatoms. The van der Waals surface area contributed by atoms with Gasteiger partial charge in [-0.15, -0.1) is 11.3 Å². The molecule has 0 atom stereocenters. The lowest BCUT2D eigenvalue weighted by atomic mass is 10.1. The zero-order valence-electron chi connectivity index (χ0n) is 14.2. The predicted molar refractivity (Wildman–Crippen MR) is 101 cm³/mol. The summed E-state index contributed by atoms with van der Waals surface area (Å²) in [6.07, 6.45) is 6.22. The molecule has 1 N–H and O–H groups in total. The lowest BCUT2D eigenvalue weighted by Gasteiger charge is -2.10. The lowest BCUT2D eigenvalue weighted by Crippen LogP contribution is -2.13. The fraction of sp³-hybridized carbons (Fsp3) is 0.167. The summed E-state index contributed by atoms with van der Waals surface area (Å²) < 4.78 is 1.83. The van der Waals surface area contributed by atoms with Crippen molar-refractivity contribution in [2.24, 2.45) is 0 Å². The Morgan fingerprint density at radius 3 is 2.73 bits per heavy atom. The van der Waals surface area contributed by atoms with Gasteiger partial charge in [-0.3, -0.25) is 4.79 Å². The van der Waals surface area contributed by atoms with E-state index in [1.54, 1.807) is 36.0 Å². The second-order valence-corrected chi connectivity index (χ2v) is 6.98. The predicted octanol–water partition coefficient (Wildman–Crippen LogP) is 3.78. The summed E-state index contributed by atoms with van der Waals surface area (Å²) >= 11 is 1.58. The minimum Gasteiger partial charge on any atom is -0.319 e. The average molecular weight is 364 g/mol. The van der Waals surface area contributed by atoms with Crippen LogP contribution in [0.5, 0.6) is 0 Å². The molecular weight excluding hydrogens is 348 g/mol. The number of aromatic nitrogens is 5. The van der Waals surface area contributed by atoms with E-state index in [2.05, 4.69) is 20.4 Å². The van der Waals surface area contributed by atoms with E-state index in [0.29, 0.717) is 22.3 Å². The van der Waals surface area contributed by atoms with E-state index in [0.717, 1.165) is 10.6 Å². The van der Waals surface area contributed by atoms with Gasteiger partial charge in [-0.2, -0.15) is 5.10 Å². The number of anilines is 1. The van der Waals surface area contributed by atoms with Crippen LogP contribution in [-0.2, 0) is 0 Å². The van der Waals surface area contributed by atoms with Crippen molar-refractivity contribution in [3.05, 3.63) is 54.1 Å². The Bertz CT molecular complexity index is 1060. The molecule has 4 aromatic heterocycles. The van der Waals surface area contributed by atoms with E-state index in [1.807, 2.05) is 36.0 Å². The number of hydrogen-bond acceptors (Lipinski definition) is 6. The molecule has 0 aliphatic carbocycles. The number of nitrogens with one attached hydrogen (secondary N) is 1. The van der Waals surface area contributed by atoms with E-state index in [-0.39, 0.29) is 11.9 Å². The second kappa shape index (κ2) is 6.64. The molecule has 26 heavy (non-hydrogen) atoms. The molecule has 0 aromatic carbocycles. The number of fused-ring (bicyclic) bond motifs is 1. The maximum Gasteiger partial charge on any atom is 0.256 e. The van der Waals surface area contributed by atoms with Crippen LogP contribution in [0.15, 0.2) is 48.5 Å². The minimum atomic E-state index is -0.242. The van der Waals surface area contributed by atoms with Crippen LogP contribution in [0.25, 0.3) is 21.6 Å². The Kier molecular flexibility index (Phi) is 4.18. The van der Waals surface area contributed by atoms with E-state index in [9.17, 15) is 4.79 Å². The fourth-order valence-corrected chi connectivity index (χ4v) is 3.38. The van der Waals surface area contributed by atoms with Crippen molar-refractivity contribution in [3.8, 4) is 10.6 Å². The molecule has 0 spiro atoms. The normalized spacial score (nSPS) is 11.2. The van der Waals surface area contributed by atoms with Gasteiger partial charge in [-0.25, -0.2) is 19.6 Å². The van der Waals surface area contributed by atoms with Crippen LogP contribution in [0.1, 0.15) is 30.2 Å². The molecule has 1 amide bonds. The number of pyridine rings is 1. The number of carbonyl (C=O) groups is 1. The maximum absolute atomic E-state index is 12.9. The highest BCUT2D eigenvalue weighted by Crippen LogP contribution is 2.29. The molecular formula is C18H16N6OS. The van der Waals surface area contributed by atoms with Crippen molar-refractivity contribution < 1.29 is 4.79 Å². The summed E-state index contributed by atoms with van der Waals surface area (Å²) in [4.78, 5) is 26.5. The number of amides is 1. The molecule has 7 nitrogen and oxygen atoms in total. The van der Waals surface area contributed by atoms with Crippen LogP contribution in [0, 0.1) is 0 Å². The first-order chi connectivity index (χ1) is 12.6. The third kappa shape index (κ3) is 2.95. The number of carbonyl (C=O) groups excluding carboxylic acids is 1. The van der Waals surface area contributed by atoms with Gasteiger partial charge in [0.2, 0.25) is 0 Å². The van der Waals surface area contributed by atoms with Crippen molar-refractivity contribution in [1.82, 2.24) is 24.7 Å². The molecule has 130 valence electrons. The van der Waals surface area contributed by atoms with Gasteiger partial charge in [-0.1, -0.05) is 6.07 Å². The molecule has 0 aliphatic rings. The van der Waals surface area contributed by atoms with Gasteiger partial charge in [0, 0.05) is 6.04 Å². The summed E-state index contributed by atoms with van der Waals surface area (Å²) in [6, 6.07) is 5.89. The summed E-state index contributed by atoms with van der Waals surface area (Å²) in [5.74, 6) is -0.242. The van der Waals surface area contributed by atoms with Crippen LogP contribution in [-0.4, -0.2) is 30.6 Å². The second-order valence-electron chi connectivity index (χ2n) is 6.03. The van der Waals surface area contributed by atoms with Gasteiger partial charge < -0.3 is 5.32 Å². The van der Waals surface area contributed by atoms with E-state index in [4.69, 9.17) is 4.98 Å². The minimum absolute atomic E-state index is 0.136. The number of rotatable bonds is 4. The molecule has 0 saturated heterocycles. The van der Waals surface area contributed by atoms with Crippen molar-refractivity contribution in [2.45, 2.75) is 19.9 Å². The van der Waals surface area contributed by atoms with E-state index < -0.39 is 0 Å². The van der Waals surface area contributed by atoms with Gasteiger partial charge >= 0.3 is 0 Å². The number of hydrogen-bond donors (Lipinski definition) is 1. The van der Waals surface area contributed by atoms with E-state index in [1.165, 1.54) is 6.33 Å². The van der Waals surface area contributed by atoms with Crippen LogP contribution >= 0.6 is 11.3 Å².